The summed E-state index contributed by atoms with van der Waals surface area (Å²) < 4.78 is 5.62. The molecule has 80 valence electrons. The second-order valence-corrected chi connectivity index (χ2v) is 3.91. The summed E-state index contributed by atoms with van der Waals surface area (Å²) in [6.07, 6.45) is 1.50. The molecule has 1 fully saturated rings. The third-order valence-electron chi connectivity index (χ3n) is 2.85. The van der Waals surface area contributed by atoms with Gasteiger partial charge in [-0.25, -0.2) is 0 Å². The molecule has 1 atom stereocenters. The lowest BCUT2D eigenvalue weighted by molar-refractivity contribution is -0.129. The van der Waals surface area contributed by atoms with Crippen molar-refractivity contribution in [3.05, 3.63) is 59.8 Å². The Bertz CT molecular complexity index is 490. The van der Waals surface area contributed by atoms with Crippen LogP contribution in [0.1, 0.15) is 11.8 Å². The molecular formula is C13H11NO2. The van der Waals surface area contributed by atoms with Crippen LogP contribution >= 0.6 is 0 Å². The Morgan fingerprint density at radius 3 is 2.81 bits per heavy atom. The van der Waals surface area contributed by atoms with Gasteiger partial charge in [-0.2, -0.15) is 0 Å². The number of ether oxygens (including phenoxy) is 1. The normalized spacial score (nSPS) is 23.6. The van der Waals surface area contributed by atoms with E-state index in [1.54, 1.807) is 11.0 Å². The summed E-state index contributed by atoms with van der Waals surface area (Å²) >= 11 is 0. The lowest BCUT2D eigenvalue weighted by Gasteiger charge is -2.20. The predicted molar refractivity (Wildman–Crippen MR) is 59.2 cm³/mol. The number of carbonyl (C=O) groups is 1. The smallest absolute Gasteiger partial charge is 0.259 e. The number of hydrogen-bond acceptors (Lipinski definition) is 2. The van der Waals surface area contributed by atoms with E-state index < -0.39 is 0 Å². The Morgan fingerprint density at radius 1 is 1.31 bits per heavy atom. The predicted octanol–water partition coefficient (Wildman–Crippen LogP) is 2.00. The summed E-state index contributed by atoms with van der Waals surface area (Å²) in [7, 11) is 0. The van der Waals surface area contributed by atoms with E-state index in [4.69, 9.17) is 4.74 Å². The van der Waals surface area contributed by atoms with E-state index in [-0.39, 0.29) is 12.1 Å². The van der Waals surface area contributed by atoms with Gasteiger partial charge in [0.1, 0.15) is 0 Å². The van der Waals surface area contributed by atoms with E-state index in [0.717, 1.165) is 11.3 Å². The van der Waals surface area contributed by atoms with Gasteiger partial charge < -0.3 is 4.74 Å². The summed E-state index contributed by atoms with van der Waals surface area (Å²) in [4.78, 5) is 13.5. The summed E-state index contributed by atoms with van der Waals surface area (Å²) in [6, 6.07) is 9.75. The number of benzene rings is 1. The Morgan fingerprint density at radius 2 is 2.06 bits per heavy atom. The van der Waals surface area contributed by atoms with Crippen molar-refractivity contribution in [1.29, 1.82) is 0 Å². The second-order valence-electron chi connectivity index (χ2n) is 3.91. The Labute approximate surface area is 93.6 Å². The highest BCUT2D eigenvalue weighted by Gasteiger charge is 2.39. The first kappa shape index (κ1) is 9.36. The summed E-state index contributed by atoms with van der Waals surface area (Å²) in [5, 5.41) is 0. The van der Waals surface area contributed by atoms with Crippen LogP contribution in [0.15, 0.2) is 54.3 Å². The monoisotopic (exact) mass is 213 g/mol. The first-order valence-corrected chi connectivity index (χ1v) is 5.17. The number of rotatable bonds is 1. The molecule has 16 heavy (non-hydrogen) atoms. The minimum atomic E-state index is -0.292. The van der Waals surface area contributed by atoms with Crippen LogP contribution in [0.5, 0.6) is 0 Å². The molecule has 0 N–H and O–H groups in total. The molecule has 1 aromatic rings. The van der Waals surface area contributed by atoms with Gasteiger partial charge in [0.25, 0.3) is 5.91 Å². The zero-order valence-electron chi connectivity index (χ0n) is 8.72. The molecule has 2 aliphatic rings. The van der Waals surface area contributed by atoms with E-state index in [1.165, 1.54) is 0 Å². The van der Waals surface area contributed by atoms with Crippen molar-refractivity contribution in [1.82, 2.24) is 4.90 Å². The Hall–Kier alpha value is -1.87. The van der Waals surface area contributed by atoms with Gasteiger partial charge in [0.2, 0.25) is 0 Å². The highest BCUT2D eigenvalue weighted by atomic mass is 16.5. The highest BCUT2D eigenvalue weighted by Crippen LogP contribution is 2.37. The standard InChI is InChI=1S/C13H11NO2/c1-9-7-11-8-16-13(14(11)12(9)15)10-5-3-2-4-6-10/h2-7,13H,1,8H2/t13-/m1/s1. The van der Waals surface area contributed by atoms with Crippen LogP contribution in [0.3, 0.4) is 0 Å². The van der Waals surface area contributed by atoms with Crippen molar-refractivity contribution in [3.63, 3.8) is 0 Å². The van der Waals surface area contributed by atoms with Crippen molar-refractivity contribution in [3.8, 4) is 0 Å². The summed E-state index contributed by atoms with van der Waals surface area (Å²) in [5.41, 5.74) is 2.44. The van der Waals surface area contributed by atoms with Crippen LogP contribution in [0.4, 0.5) is 0 Å². The number of carbonyl (C=O) groups excluding carboxylic acids is 1. The molecule has 0 spiro atoms. The first-order valence-electron chi connectivity index (χ1n) is 5.17. The van der Waals surface area contributed by atoms with Crippen LogP contribution in [-0.2, 0) is 9.53 Å². The molecule has 0 aromatic heterocycles. The zero-order chi connectivity index (χ0) is 11.1. The molecule has 0 unspecified atom stereocenters. The van der Waals surface area contributed by atoms with Crippen LogP contribution in [0, 0.1) is 0 Å². The fourth-order valence-electron chi connectivity index (χ4n) is 2.09. The quantitative estimate of drug-likeness (QED) is 0.668. The lowest BCUT2D eigenvalue weighted by atomic mass is 10.2. The SMILES string of the molecule is C=C1C=C2CO[C@H](c3ccccc3)N2C1=O. The fourth-order valence-corrected chi connectivity index (χ4v) is 2.09. The maximum absolute atomic E-state index is 11.9. The molecule has 2 aliphatic heterocycles. The van der Waals surface area contributed by atoms with Crippen LogP contribution < -0.4 is 0 Å². The number of fused-ring (bicyclic) bond motifs is 1. The van der Waals surface area contributed by atoms with E-state index in [2.05, 4.69) is 6.58 Å². The van der Waals surface area contributed by atoms with Crippen molar-refractivity contribution < 1.29 is 9.53 Å². The third-order valence-corrected chi connectivity index (χ3v) is 2.85. The van der Waals surface area contributed by atoms with Gasteiger partial charge in [-0.3, -0.25) is 9.69 Å². The van der Waals surface area contributed by atoms with E-state index in [1.807, 2.05) is 30.3 Å². The van der Waals surface area contributed by atoms with E-state index in [0.29, 0.717) is 12.2 Å². The fraction of sp³-hybridized carbons (Fsp3) is 0.154. The van der Waals surface area contributed by atoms with Gasteiger partial charge in [0.05, 0.1) is 12.3 Å². The van der Waals surface area contributed by atoms with E-state index >= 15 is 0 Å². The lowest BCUT2D eigenvalue weighted by Crippen LogP contribution is -2.26. The molecule has 3 heteroatoms. The maximum Gasteiger partial charge on any atom is 0.259 e. The number of amides is 1. The van der Waals surface area contributed by atoms with Crippen molar-refractivity contribution in [2.24, 2.45) is 0 Å². The molecule has 0 saturated carbocycles. The average Bonchev–Trinajstić information content (AvgIpc) is 2.83. The molecule has 0 aliphatic carbocycles. The van der Waals surface area contributed by atoms with Crippen molar-refractivity contribution in [2.75, 3.05) is 6.61 Å². The largest absolute Gasteiger partial charge is 0.347 e. The van der Waals surface area contributed by atoms with E-state index in [9.17, 15) is 4.79 Å². The molecular weight excluding hydrogens is 202 g/mol. The van der Waals surface area contributed by atoms with Gasteiger partial charge >= 0.3 is 0 Å². The van der Waals surface area contributed by atoms with Gasteiger partial charge in [-0.1, -0.05) is 36.9 Å². The molecule has 1 aromatic carbocycles. The molecule has 2 heterocycles. The Balaban J connectivity index is 1.99. The molecule has 0 bridgehead atoms. The Kier molecular flexibility index (Phi) is 1.94. The van der Waals surface area contributed by atoms with Crippen LogP contribution in [-0.4, -0.2) is 17.4 Å². The second kappa shape index (κ2) is 3.32. The van der Waals surface area contributed by atoms with Crippen molar-refractivity contribution >= 4 is 5.91 Å². The topological polar surface area (TPSA) is 29.5 Å². The molecule has 1 saturated heterocycles. The van der Waals surface area contributed by atoms with Crippen LogP contribution in [0.2, 0.25) is 0 Å². The third kappa shape index (κ3) is 1.22. The average molecular weight is 213 g/mol. The molecule has 3 rings (SSSR count). The van der Waals surface area contributed by atoms with Gasteiger partial charge in [0, 0.05) is 11.1 Å². The summed E-state index contributed by atoms with van der Waals surface area (Å²) in [5.74, 6) is -0.0543. The molecule has 1 amide bonds. The first-order chi connectivity index (χ1) is 7.77. The number of nitrogens with zero attached hydrogens (tertiary/aromatic N) is 1. The molecule has 3 nitrogen and oxygen atoms in total. The minimum Gasteiger partial charge on any atom is -0.347 e. The van der Waals surface area contributed by atoms with Crippen LogP contribution in [0.25, 0.3) is 0 Å². The van der Waals surface area contributed by atoms with Gasteiger partial charge in [-0.15, -0.1) is 0 Å². The van der Waals surface area contributed by atoms with Crippen molar-refractivity contribution in [2.45, 2.75) is 6.23 Å². The maximum atomic E-state index is 11.9. The molecule has 0 radical (unpaired) electrons. The minimum absolute atomic E-state index is 0.0543. The zero-order valence-corrected chi connectivity index (χ0v) is 8.72. The van der Waals surface area contributed by atoms with Gasteiger partial charge in [-0.05, 0) is 6.08 Å². The number of hydrogen-bond donors (Lipinski definition) is 0. The highest BCUT2D eigenvalue weighted by molar-refractivity contribution is 6.00. The summed E-state index contributed by atoms with van der Waals surface area (Å²) in [6.45, 7) is 4.20. The van der Waals surface area contributed by atoms with Gasteiger partial charge in [0.15, 0.2) is 6.23 Å².